The zero-order chi connectivity index (χ0) is 33.3. The van der Waals surface area contributed by atoms with Crippen molar-refractivity contribution in [2.75, 3.05) is 34.4 Å². The van der Waals surface area contributed by atoms with Crippen molar-refractivity contribution in [1.29, 1.82) is 0 Å². The van der Waals surface area contributed by atoms with Gasteiger partial charge in [0.1, 0.15) is 11.9 Å². The summed E-state index contributed by atoms with van der Waals surface area (Å²) in [5.41, 5.74) is 2.44. The second kappa shape index (κ2) is 11.8. The standard InChI is InChI=1S/C35H58N2O6Si2/c1-33(2,3)44(10,11)42-29-18-22-21-37-17-16-25-24-15-14-23(39-7)19-27(24)36-30(25)28(37)20-26(22)35(31(29)40-8,32(38)41-9)43-45(12,13)34(4,5)6/h14-15,19,22,26,28-29,31,36H,16-18,20-21H2,1-13H3/t22-,26+,28-,29-,31+,35+/m1/s1. The topological polar surface area (TPSA) is 82.2 Å². The SMILES string of the molecule is COC(=O)[C@]1(O[Si](C)(C)C(C)(C)C)[C@H]2C[C@@H]3c4[nH]c5cc(OC)ccc5c4CCN3C[C@H]2C[C@@H](O[Si](C)(C)C(C)(C)C)[C@@H]1OC. The molecule has 2 aromatic rings. The van der Waals surface area contributed by atoms with Crippen LogP contribution in [0.1, 0.15) is 71.7 Å². The Kier molecular flexibility index (Phi) is 9.06. The van der Waals surface area contributed by atoms with Crippen LogP contribution < -0.4 is 4.74 Å². The summed E-state index contributed by atoms with van der Waals surface area (Å²) >= 11 is 0. The van der Waals surface area contributed by atoms with Crippen molar-refractivity contribution < 1.29 is 27.9 Å². The minimum atomic E-state index is -2.52. The van der Waals surface area contributed by atoms with Gasteiger partial charge in [0.2, 0.25) is 0 Å². The van der Waals surface area contributed by atoms with Crippen LogP contribution in [-0.2, 0) is 29.5 Å². The maximum atomic E-state index is 14.6. The molecule has 8 nitrogen and oxygen atoms in total. The number of fused-ring (bicyclic) bond motifs is 6. The molecule has 1 N–H and O–H groups in total. The normalized spacial score (nSPS) is 29.6. The van der Waals surface area contributed by atoms with Crippen molar-refractivity contribution in [3.05, 3.63) is 29.5 Å². The zero-order valence-electron chi connectivity index (χ0n) is 30.1. The van der Waals surface area contributed by atoms with E-state index < -0.39 is 28.3 Å². The highest BCUT2D eigenvalue weighted by atomic mass is 28.4. The Balaban J connectivity index is 1.65. The summed E-state index contributed by atoms with van der Waals surface area (Å²) in [6.07, 6.45) is 1.73. The van der Waals surface area contributed by atoms with Crippen LogP contribution in [0.5, 0.6) is 5.75 Å². The maximum Gasteiger partial charge on any atom is 0.340 e. The number of aromatic amines is 1. The molecule has 1 saturated heterocycles. The second-order valence-electron chi connectivity index (χ2n) is 16.7. The first-order chi connectivity index (χ1) is 20.8. The van der Waals surface area contributed by atoms with E-state index in [1.54, 1.807) is 14.2 Å². The molecule has 2 fully saturated rings. The fourth-order valence-corrected chi connectivity index (χ4v) is 10.6. The first-order valence-corrected chi connectivity index (χ1v) is 22.5. The van der Waals surface area contributed by atoms with Crippen LogP contribution in [0.15, 0.2) is 18.2 Å². The highest BCUT2D eigenvalue weighted by molar-refractivity contribution is 6.74. The van der Waals surface area contributed by atoms with Crippen molar-refractivity contribution in [3.63, 3.8) is 0 Å². The number of nitrogens with zero attached hydrogens (tertiary/aromatic N) is 1. The molecule has 252 valence electrons. The van der Waals surface area contributed by atoms with Crippen molar-refractivity contribution in [2.45, 2.75) is 121 Å². The minimum Gasteiger partial charge on any atom is -0.497 e. The molecule has 5 rings (SSSR count). The van der Waals surface area contributed by atoms with E-state index in [1.807, 2.05) is 6.07 Å². The van der Waals surface area contributed by atoms with E-state index in [4.69, 9.17) is 23.1 Å². The molecule has 6 atom stereocenters. The monoisotopic (exact) mass is 658 g/mol. The number of nitrogens with one attached hydrogen (secondary N) is 1. The van der Waals surface area contributed by atoms with Gasteiger partial charge in [0, 0.05) is 48.8 Å². The Bertz CT molecular complexity index is 1410. The molecule has 1 saturated carbocycles. The van der Waals surface area contributed by atoms with Crippen LogP contribution in [-0.4, -0.2) is 84.7 Å². The molecule has 1 aromatic heterocycles. The van der Waals surface area contributed by atoms with Gasteiger partial charge in [-0.2, -0.15) is 0 Å². The number of ether oxygens (including phenoxy) is 3. The summed E-state index contributed by atoms with van der Waals surface area (Å²) in [6.45, 7) is 24.4. The van der Waals surface area contributed by atoms with Gasteiger partial charge in [0.05, 0.1) is 26.4 Å². The first-order valence-electron chi connectivity index (χ1n) is 16.7. The highest BCUT2D eigenvalue weighted by Crippen LogP contribution is 2.56. The number of hydrogen-bond donors (Lipinski definition) is 1. The molecule has 0 spiro atoms. The Morgan fingerprint density at radius 3 is 2.22 bits per heavy atom. The molecule has 3 heterocycles. The van der Waals surface area contributed by atoms with Crippen molar-refractivity contribution in [3.8, 4) is 5.75 Å². The zero-order valence-corrected chi connectivity index (χ0v) is 32.1. The summed E-state index contributed by atoms with van der Waals surface area (Å²) in [5.74, 6) is 0.606. The predicted octanol–water partition coefficient (Wildman–Crippen LogP) is 7.45. The predicted molar refractivity (Wildman–Crippen MR) is 185 cm³/mol. The number of aromatic nitrogens is 1. The molecule has 0 radical (unpaired) electrons. The molecule has 2 aliphatic heterocycles. The van der Waals surface area contributed by atoms with Crippen LogP contribution in [0.2, 0.25) is 36.3 Å². The fourth-order valence-electron chi connectivity index (χ4n) is 7.72. The lowest BCUT2D eigenvalue weighted by Gasteiger charge is -2.60. The molecule has 45 heavy (non-hydrogen) atoms. The number of methoxy groups -OCH3 is 3. The smallest absolute Gasteiger partial charge is 0.340 e. The average molecular weight is 659 g/mol. The average Bonchev–Trinajstić information content (AvgIpc) is 3.32. The fraction of sp³-hybridized carbons (Fsp3) is 0.743. The number of carbonyl (C=O) groups is 1. The van der Waals surface area contributed by atoms with Gasteiger partial charge in [-0.15, -0.1) is 0 Å². The van der Waals surface area contributed by atoms with Gasteiger partial charge in [0.25, 0.3) is 0 Å². The van der Waals surface area contributed by atoms with Gasteiger partial charge in [-0.05, 0) is 79.1 Å². The molecule has 0 unspecified atom stereocenters. The third kappa shape index (κ3) is 5.75. The summed E-state index contributed by atoms with van der Waals surface area (Å²) in [5, 5.41) is 1.14. The molecule has 3 aliphatic rings. The lowest BCUT2D eigenvalue weighted by atomic mass is 9.61. The summed E-state index contributed by atoms with van der Waals surface area (Å²) < 4.78 is 32.4. The maximum absolute atomic E-state index is 14.6. The first kappa shape index (κ1) is 34.6. The summed E-state index contributed by atoms with van der Waals surface area (Å²) in [6, 6.07) is 6.44. The quantitative estimate of drug-likeness (QED) is 0.244. The molecule has 1 aromatic carbocycles. The lowest BCUT2D eigenvalue weighted by molar-refractivity contribution is -0.226. The number of hydrogen-bond acceptors (Lipinski definition) is 7. The second-order valence-corrected chi connectivity index (χ2v) is 26.2. The number of H-pyrrole nitrogens is 1. The number of rotatable bonds is 7. The number of benzene rings is 1. The minimum absolute atomic E-state index is 0.00951. The van der Waals surface area contributed by atoms with Crippen LogP contribution in [0.3, 0.4) is 0 Å². The van der Waals surface area contributed by atoms with Gasteiger partial charge in [-0.3, -0.25) is 4.90 Å². The third-order valence-electron chi connectivity index (χ3n) is 12.2. The van der Waals surface area contributed by atoms with E-state index in [9.17, 15) is 4.79 Å². The van der Waals surface area contributed by atoms with Crippen molar-refractivity contribution in [1.82, 2.24) is 9.88 Å². The Morgan fingerprint density at radius 1 is 0.978 bits per heavy atom. The van der Waals surface area contributed by atoms with E-state index in [1.165, 1.54) is 23.8 Å². The van der Waals surface area contributed by atoms with E-state index in [2.05, 4.69) is 89.7 Å². The van der Waals surface area contributed by atoms with E-state index in [0.29, 0.717) is 0 Å². The van der Waals surface area contributed by atoms with E-state index in [0.717, 1.165) is 43.6 Å². The van der Waals surface area contributed by atoms with Crippen molar-refractivity contribution in [2.24, 2.45) is 11.8 Å². The van der Waals surface area contributed by atoms with Crippen LogP contribution in [0.25, 0.3) is 10.9 Å². The van der Waals surface area contributed by atoms with Gasteiger partial charge in [0.15, 0.2) is 22.2 Å². The van der Waals surface area contributed by atoms with Crippen LogP contribution in [0, 0.1) is 11.8 Å². The number of piperidine rings is 1. The van der Waals surface area contributed by atoms with E-state index in [-0.39, 0.29) is 40.0 Å². The van der Waals surface area contributed by atoms with Crippen LogP contribution in [0.4, 0.5) is 0 Å². The largest absolute Gasteiger partial charge is 0.497 e. The van der Waals surface area contributed by atoms with Gasteiger partial charge in [-0.1, -0.05) is 41.5 Å². The molecule has 10 heteroatoms. The highest BCUT2D eigenvalue weighted by Gasteiger charge is 2.67. The van der Waals surface area contributed by atoms with Crippen molar-refractivity contribution >= 4 is 33.5 Å². The van der Waals surface area contributed by atoms with Gasteiger partial charge in [-0.25, -0.2) is 4.79 Å². The molecule has 0 bridgehead atoms. The number of esters is 1. The molecular formula is C35H58N2O6Si2. The molecular weight excluding hydrogens is 601 g/mol. The summed E-state index contributed by atoms with van der Waals surface area (Å²) in [4.78, 5) is 21.0. The Morgan fingerprint density at radius 2 is 1.64 bits per heavy atom. The van der Waals surface area contributed by atoms with E-state index >= 15 is 0 Å². The number of carbonyl (C=O) groups excluding carboxylic acids is 1. The van der Waals surface area contributed by atoms with Gasteiger partial charge < -0.3 is 28.0 Å². The van der Waals surface area contributed by atoms with Crippen LogP contribution >= 0.6 is 0 Å². The Hall–Kier alpha value is -1.70. The van der Waals surface area contributed by atoms with Gasteiger partial charge >= 0.3 is 5.97 Å². The molecule has 1 aliphatic carbocycles. The molecule has 0 amide bonds. The Labute approximate surface area is 273 Å². The lowest BCUT2D eigenvalue weighted by Crippen LogP contribution is -2.73. The summed E-state index contributed by atoms with van der Waals surface area (Å²) in [7, 11) is 0.187. The third-order valence-corrected chi connectivity index (χ3v) is 21.1.